The van der Waals surface area contributed by atoms with Gasteiger partial charge in [0, 0.05) is 16.3 Å². The highest BCUT2D eigenvalue weighted by molar-refractivity contribution is 7.99. The smallest absolute Gasteiger partial charge is 0.287 e. The lowest BCUT2D eigenvalue weighted by atomic mass is 10.2. The Kier molecular flexibility index (Phi) is 4.59. The van der Waals surface area contributed by atoms with Crippen molar-refractivity contribution in [3.63, 3.8) is 0 Å². The first-order chi connectivity index (χ1) is 9.61. The largest absolute Gasteiger partial charge is 0.398 e. The number of carbonyl (C=O) groups is 1. The van der Waals surface area contributed by atoms with Crippen LogP contribution in [-0.4, -0.2) is 26.7 Å². The molecule has 7 nitrogen and oxygen atoms in total. The Morgan fingerprint density at radius 1 is 1.50 bits per heavy atom. The monoisotopic (exact) mass is 292 g/mol. The molecule has 2 rings (SSSR count). The normalized spacial score (nSPS) is 10.5. The van der Waals surface area contributed by atoms with Crippen molar-refractivity contribution in [2.75, 3.05) is 11.5 Å². The molecule has 0 aliphatic heterocycles. The van der Waals surface area contributed by atoms with Crippen LogP contribution >= 0.6 is 11.8 Å². The second kappa shape index (κ2) is 6.40. The molecule has 1 aromatic carbocycles. The number of nitrogens with one attached hydrogen (secondary N) is 1. The van der Waals surface area contributed by atoms with Crippen LogP contribution in [-0.2, 0) is 6.54 Å². The lowest BCUT2D eigenvalue weighted by molar-refractivity contribution is 0.0948. The Hall–Kier alpha value is -2.06. The van der Waals surface area contributed by atoms with Crippen LogP contribution in [0.1, 0.15) is 16.1 Å². The second-order valence-corrected chi connectivity index (χ2v) is 5.30. The van der Waals surface area contributed by atoms with Crippen molar-refractivity contribution in [2.24, 2.45) is 5.84 Å². The van der Waals surface area contributed by atoms with Gasteiger partial charge in [-0.15, -0.1) is 16.9 Å². The molecule has 1 heterocycles. The highest BCUT2D eigenvalue weighted by Gasteiger charge is 2.09. The lowest BCUT2D eigenvalue weighted by Gasteiger charge is -2.07. The number of hydrogen-bond acceptors (Lipinski definition) is 6. The van der Waals surface area contributed by atoms with E-state index in [1.807, 2.05) is 30.5 Å². The van der Waals surface area contributed by atoms with E-state index < -0.39 is 5.91 Å². The highest BCUT2D eigenvalue weighted by Crippen LogP contribution is 2.26. The fourth-order valence-corrected chi connectivity index (χ4v) is 2.63. The third-order valence-corrected chi connectivity index (χ3v) is 3.95. The van der Waals surface area contributed by atoms with Crippen LogP contribution in [0, 0.1) is 6.92 Å². The molecule has 0 unspecified atom stereocenters. The predicted octanol–water partition coefficient (Wildman–Crippen LogP) is 0.565. The maximum atomic E-state index is 11.2. The number of rotatable bonds is 5. The van der Waals surface area contributed by atoms with E-state index in [-0.39, 0.29) is 5.69 Å². The van der Waals surface area contributed by atoms with Gasteiger partial charge in [0.15, 0.2) is 5.69 Å². The molecule has 8 heteroatoms. The van der Waals surface area contributed by atoms with E-state index >= 15 is 0 Å². The van der Waals surface area contributed by atoms with Gasteiger partial charge in [0.2, 0.25) is 0 Å². The molecule has 0 fully saturated rings. The van der Waals surface area contributed by atoms with Crippen molar-refractivity contribution < 1.29 is 4.79 Å². The highest BCUT2D eigenvalue weighted by atomic mass is 32.2. The first-order valence-corrected chi connectivity index (χ1v) is 6.99. The fourth-order valence-electron chi connectivity index (χ4n) is 1.62. The molecule has 1 aromatic heterocycles. The number of hydrazine groups is 1. The van der Waals surface area contributed by atoms with E-state index in [1.165, 1.54) is 0 Å². The molecule has 20 heavy (non-hydrogen) atoms. The molecule has 0 aliphatic rings. The summed E-state index contributed by atoms with van der Waals surface area (Å²) < 4.78 is 1.61. The van der Waals surface area contributed by atoms with Gasteiger partial charge in [-0.2, -0.15) is 0 Å². The molecule has 5 N–H and O–H groups in total. The molecule has 2 aromatic rings. The van der Waals surface area contributed by atoms with Crippen LogP contribution in [0.15, 0.2) is 29.3 Å². The molecular formula is C12H16N6OS. The zero-order valence-corrected chi connectivity index (χ0v) is 11.9. The number of nitrogens with two attached hydrogens (primary N) is 2. The molecule has 0 bridgehead atoms. The van der Waals surface area contributed by atoms with E-state index in [0.29, 0.717) is 6.54 Å². The summed E-state index contributed by atoms with van der Waals surface area (Å²) in [5, 5.41) is 7.60. The number of hydrogen-bond donors (Lipinski definition) is 3. The van der Waals surface area contributed by atoms with E-state index in [1.54, 1.807) is 22.6 Å². The number of aryl methyl sites for hydroxylation is 1. The van der Waals surface area contributed by atoms with Gasteiger partial charge in [-0.1, -0.05) is 11.3 Å². The molecule has 0 atom stereocenters. The van der Waals surface area contributed by atoms with Crippen LogP contribution in [0.3, 0.4) is 0 Å². The molecule has 0 saturated heterocycles. The Morgan fingerprint density at radius 3 is 3.05 bits per heavy atom. The Balaban J connectivity index is 1.91. The van der Waals surface area contributed by atoms with Crippen molar-refractivity contribution >= 4 is 23.4 Å². The molecular weight excluding hydrogens is 276 g/mol. The van der Waals surface area contributed by atoms with Gasteiger partial charge in [0.05, 0.1) is 12.7 Å². The van der Waals surface area contributed by atoms with Crippen LogP contribution in [0.25, 0.3) is 0 Å². The minimum absolute atomic E-state index is 0.206. The Bertz CT molecular complexity index is 612. The van der Waals surface area contributed by atoms with Crippen LogP contribution in [0.2, 0.25) is 0 Å². The van der Waals surface area contributed by atoms with Gasteiger partial charge in [-0.3, -0.25) is 14.9 Å². The van der Waals surface area contributed by atoms with E-state index in [4.69, 9.17) is 11.6 Å². The first kappa shape index (κ1) is 14.4. The average molecular weight is 292 g/mol. The van der Waals surface area contributed by atoms with Gasteiger partial charge >= 0.3 is 0 Å². The van der Waals surface area contributed by atoms with Gasteiger partial charge in [-0.25, -0.2) is 5.84 Å². The summed E-state index contributed by atoms with van der Waals surface area (Å²) in [6.07, 6.45) is 1.56. The number of anilines is 1. The van der Waals surface area contributed by atoms with E-state index in [0.717, 1.165) is 21.9 Å². The summed E-state index contributed by atoms with van der Waals surface area (Å²) in [6, 6.07) is 5.85. The summed E-state index contributed by atoms with van der Waals surface area (Å²) in [4.78, 5) is 12.4. The predicted molar refractivity (Wildman–Crippen MR) is 78.0 cm³/mol. The standard InChI is InChI=1S/C12H16N6OS/c1-8-9(13)3-2-4-11(8)20-6-5-18-7-10(16-17-18)12(19)15-14/h2-4,7H,5-6,13-14H2,1H3,(H,15,19). The molecule has 0 spiro atoms. The van der Waals surface area contributed by atoms with Gasteiger partial charge in [-0.05, 0) is 24.6 Å². The molecule has 1 amide bonds. The third kappa shape index (κ3) is 3.28. The van der Waals surface area contributed by atoms with Crippen LogP contribution < -0.4 is 17.0 Å². The molecule has 0 saturated carbocycles. The van der Waals surface area contributed by atoms with Gasteiger partial charge in [0.1, 0.15) is 0 Å². The van der Waals surface area contributed by atoms with Crippen LogP contribution in [0.4, 0.5) is 5.69 Å². The zero-order chi connectivity index (χ0) is 14.5. The number of nitrogens with zero attached hydrogens (tertiary/aromatic N) is 3. The minimum atomic E-state index is -0.449. The number of aromatic nitrogens is 3. The number of benzene rings is 1. The summed E-state index contributed by atoms with van der Waals surface area (Å²) in [6.45, 7) is 2.64. The summed E-state index contributed by atoms with van der Waals surface area (Å²) in [7, 11) is 0. The zero-order valence-electron chi connectivity index (χ0n) is 11.0. The van der Waals surface area contributed by atoms with Crippen molar-refractivity contribution in [3.8, 4) is 0 Å². The summed E-state index contributed by atoms with van der Waals surface area (Å²) in [5.74, 6) is 5.38. The van der Waals surface area contributed by atoms with E-state index in [9.17, 15) is 4.79 Å². The maximum absolute atomic E-state index is 11.2. The van der Waals surface area contributed by atoms with Crippen molar-refractivity contribution in [1.82, 2.24) is 20.4 Å². The molecule has 0 radical (unpaired) electrons. The molecule has 106 valence electrons. The van der Waals surface area contributed by atoms with Crippen molar-refractivity contribution in [2.45, 2.75) is 18.4 Å². The second-order valence-electron chi connectivity index (χ2n) is 4.16. The number of carbonyl (C=O) groups excluding carboxylic acids is 1. The SMILES string of the molecule is Cc1c(N)cccc1SCCn1cc(C(=O)NN)nn1. The Labute approximate surface area is 120 Å². The third-order valence-electron chi connectivity index (χ3n) is 2.81. The fraction of sp³-hybridized carbons (Fsp3) is 0.250. The number of thioether (sulfide) groups is 1. The minimum Gasteiger partial charge on any atom is -0.398 e. The average Bonchev–Trinajstić information content (AvgIpc) is 2.91. The lowest BCUT2D eigenvalue weighted by Crippen LogP contribution is -2.30. The number of amides is 1. The molecule has 0 aliphatic carbocycles. The maximum Gasteiger partial charge on any atom is 0.287 e. The van der Waals surface area contributed by atoms with Crippen molar-refractivity contribution in [3.05, 3.63) is 35.7 Å². The van der Waals surface area contributed by atoms with Gasteiger partial charge in [0.25, 0.3) is 5.91 Å². The first-order valence-electron chi connectivity index (χ1n) is 6.00. The van der Waals surface area contributed by atoms with Crippen molar-refractivity contribution in [1.29, 1.82) is 0 Å². The van der Waals surface area contributed by atoms with E-state index in [2.05, 4.69) is 10.3 Å². The summed E-state index contributed by atoms with van der Waals surface area (Å²) in [5.41, 5.74) is 9.95. The summed E-state index contributed by atoms with van der Waals surface area (Å²) >= 11 is 1.69. The quantitative estimate of drug-likeness (QED) is 0.244. The van der Waals surface area contributed by atoms with Gasteiger partial charge < -0.3 is 5.73 Å². The number of nitrogen functional groups attached to an aromatic ring is 2. The Morgan fingerprint density at radius 2 is 2.30 bits per heavy atom. The topological polar surface area (TPSA) is 112 Å². The van der Waals surface area contributed by atoms with Crippen LogP contribution in [0.5, 0.6) is 0 Å².